The Kier molecular flexibility index (Phi) is 6.79. The van der Waals surface area contributed by atoms with Crippen LogP contribution in [-0.2, 0) is 6.18 Å². The second kappa shape index (κ2) is 9.79. The topological polar surface area (TPSA) is 115 Å². The molecule has 0 saturated heterocycles. The number of alkyl halides is 3. The van der Waals surface area contributed by atoms with Gasteiger partial charge in [0.25, 0.3) is 5.91 Å². The van der Waals surface area contributed by atoms with Gasteiger partial charge in [0.2, 0.25) is 5.89 Å². The summed E-state index contributed by atoms with van der Waals surface area (Å²) in [7, 11) is 1.34. The summed E-state index contributed by atoms with van der Waals surface area (Å²) in [6.45, 7) is 2.03. The summed E-state index contributed by atoms with van der Waals surface area (Å²) in [5, 5.41) is 6.31. The van der Waals surface area contributed by atoms with Gasteiger partial charge in [0.1, 0.15) is 17.0 Å². The van der Waals surface area contributed by atoms with Crippen molar-refractivity contribution in [3.8, 4) is 17.2 Å². The van der Waals surface area contributed by atoms with Crippen LogP contribution in [-0.4, -0.2) is 35.6 Å². The van der Waals surface area contributed by atoms with Gasteiger partial charge in [0.05, 0.1) is 13.2 Å². The molecule has 4 N–H and O–H groups in total. The second-order valence-corrected chi connectivity index (χ2v) is 7.99. The summed E-state index contributed by atoms with van der Waals surface area (Å²) >= 11 is 0. The highest BCUT2D eigenvalue weighted by Gasteiger charge is 2.33. The molecular weight excluding hydrogens is 463 g/mol. The number of benzene rings is 1. The van der Waals surface area contributed by atoms with Gasteiger partial charge in [-0.05, 0) is 49.9 Å². The zero-order valence-electron chi connectivity index (χ0n) is 19.0. The highest BCUT2D eigenvalue weighted by Crippen LogP contribution is 2.37. The number of carbonyl (C=O) groups excluding carboxylic acids is 1. The number of rotatable bonds is 7. The number of oxazole rings is 1. The SMILES string of the molecule is COc1ccc(-c2nc(C(=O)NCCC3C=CC=CN3)c([C@H](C)N)o2)c2ccc(C(F)(F)F)nc12. The number of hydrogen-bond acceptors (Lipinski definition) is 7. The maximum atomic E-state index is 13.2. The molecule has 3 heterocycles. The highest BCUT2D eigenvalue weighted by molar-refractivity contribution is 5.98. The van der Waals surface area contributed by atoms with Crippen molar-refractivity contribution in [2.45, 2.75) is 31.6 Å². The lowest BCUT2D eigenvalue weighted by molar-refractivity contribution is -0.140. The van der Waals surface area contributed by atoms with Crippen LogP contribution in [0.4, 0.5) is 13.2 Å². The van der Waals surface area contributed by atoms with Crippen molar-refractivity contribution >= 4 is 16.8 Å². The maximum Gasteiger partial charge on any atom is 0.433 e. The van der Waals surface area contributed by atoms with Gasteiger partial charge in [-0.15, -0.1) is 0 Å². The predicted octanol–water partition coefficient (Wildman–Crippen LogP) is 4.10. The van der Waals surface area contributed by atoms with Crippen LogP contribution in [0.25, 0.3) is 22.4 Å². The van der Waals surface area contributed by atoms with E-state index < -0.39 is 23.8 Å². The Labute approximate surface area is 199 Å². The van der Waals surface area contributed by atoms with Gasteiger partial charge in [-0.25, -0.2) is 9.97 Å². The van der Waals surface area contributed by atoms with Crippen molar-refractivity contribution in [3.05, 3.63) is 65.8 Å². The van der Waals surface area contributed by atoms with E-state index in [-0.39, 0.29) is 34.7 Å². The lowest BCUT2D eigenvalue weighted by Gasteiger charge is -2.15. The molecule has 3 aromatic rings. The summed E-state index contributed by atoms with van der Waals surface area (Å²) in [6, 6.07) is 4.66. The molecule has 0 spiro atoms. The monoisotopic (exact) mass is 487 g/mol. The molecule has 8 nitrogen and oxygen atoms in total. The van der Waals surface area contributed by atoms with Crippen LogP contribution in [0.5, 0.6) is 5.75 Å². The molecule has 35 heavy (non-hydrogen) atoms. The molecule has 184 valence electrons. The largest absolute Gasteiger partial charge is 0.494 e. The van der Waals surface area contributed by atoms with Crippen LogP contribution in [0.3, 0.4) is 0 Å². The lowest BCUT2D eigenvalue weighted by Crippen LogP contribution is -2.32. The number of ether oxygens (including phenoxy) is 1. The third-order valence-corrected chi connectivity index (χ3v) is 5.44. The minimum atomic E-state index is -4.62. The lowest BCUT2D eigenvalue weighted by atomic mass is 10.1. The molecule has 0 radical (unpaired) electrons. The van der Waals surface area contributed by atoms with Crippen molar-refractivity contribution in [1.82, 2.24) is 20.6 Å². The van der Waals surface area contributed by atoms with E-state index in [0.29, 0.717) is 23.9 Å². The molecule has 1 aliphatic rings. The third-order valence-electron chi connectivity index (χ3n) is 5.44. The van der Waals surface area contributed by atoms with Crippen LogP contribution in [0, 0.1) is 0 Å². The van der Waals surface area contributed by atoms with Crippen molar-refractivity contribution in [2.75, 3.05) is 13.7 Å². The average molecular weight is 487 g/mol. The Balaban J connectivity index is 1.66. The first-order valence-corrected chi connectivity index (χ1v) is 10.9. The molecule has 11 heteroatoms. The minimum absolute atomic E-state index is 0.00606. The first-order valence-electron chi connectivity index (χ1n) is 10.9. The van der Waals surface area contributed by atoms with Crippen LogP contribution in [0.1, 0.15) is 41.3 Å². The molecular formula is C24H24F3N5O3. The van der Waals surface area contributed by atoms with E-state index in [4.69, 9.17) is 14.9 Å². The van der Waals surface area contributed by atoms with Gasteiger partial charge in [-0.3, -0.25) is 4.79 Å². The van der Waals surface area contributed by atoms with E-state index in [1.165, 1.54) is 19.2 Å². The van der Waals surface area contributed by atoms with Crippen molar-refractivity contribution in [2.24, 2.45) is 5.73 Å². The number of carbonyl (C=O) groups is 1. The number of allylic oxidation sites excluding steroid dienone is 2. The number of nitrogens with one attached hydrogen (secondary N) is 2. The normalized spacial score (nSPS) is 16.2. The molecule has 4 rings (SSSR count). The molecule has 0 fully saturated rings. The molecule has 0 aliphatic carbocycles. The smallest absolute Gasteiger partial charge is 0.433 e. The molecule has 1 aromatic carbocycles. The number of aromatic nitrogens is 2. The van der Waals surface area contributed by atoms with Crippen LogP contribution in [0.2, 0.25) is 0 Å². The number of fused-ring (bicyclic) bond motifs is 1. The van der Waals surface area contributed by atoms with Crippen LogP contribution < -0.4 is 21.1 Å². The first kappa shape index (κ1) is 24.3. The number of hydrogen-bond donors (Lipinski definition) is 3. The van der Waals surface area contributed by atoms with E-state index >= 15 is 0 Å². The molecule has 0 bridgehead atoms. The summed E-state index contributed by atoms with van der Waals surface area (Å²) in [6.07, 6.45) is 3.65. The second-order valence-electron chi connectivity index (χ2n) is 7.99. The maximum absolute atomic E-state index is 13.2. The van der Waals surface area contributed by atoms with E-state index in [1.54, 1.807) is 13.0 Å². The number of amides is 1. The molecule has 1 unspecified atom stereocenters. The van der Waals surface area contributed by atoms with E-state index in [2.05, 4.69) is 20.6 Å². The third kappa shape index (κ3) is 5.14. The van der Waals surface area contributed by atoms with Crippen molar-refractivity contribution < 1.29 is 27.1 Å². The van der Waals surface area contributed by atoms with Crippen molar-refractivity contribution in [3.63, 3.8) is 0 Å². The van der Waals surface area contributed by atoms with Gasteiger partial charge < -0.3 is 25.5 Å². The Hall–Kier alpha value is -3.86. The van der Waals surface area contributed by atoms with Crippen molar-refractivity contribution in [1.29, 1.82) is 0 Å². The number of dihydropyridines is 1. The number of halogens is 3. The fourth-order valence-corrected chi connectivity index (χ4v) is 3.71. The Morgan fingerprint density at radius 2 is 2.06 bits per heavy atom. The molecule has 2 aromatic heterocycles. The quantitative estimate of drug-likeness (QED) is 0.460. The van der Waals surface area contributed by atoms with Gasteiger partial charge in [-0.2, -0.15) is 13.2 Å². The standard InChI is InChI=1S/C24H24F3N5O3/c1-13(28)21-20(22(33)30-12-10-14-5-3-4-11-29-14)32-23(35-21)16-6-8-17(34-2)19-15(16)7-9-18(31-19)24(25,26)27/h3-9,11,13-14,29H,10,12,28H2,1-2H3,(H,30,33)/t13-,14?/m0/s1. The van der Waals surface area contributed by atoms with Crippen LogP contribution in [0.15, 0.2) is 53.1 Å². The number of nitrogens with zero attached hydrogens (tertiary/aromatic N) is 2. The Bertz CT molecular complexity index is 1300. The zero-order valence-corrected chi connectivity index (χ0v) is 19.0. The highest BCUT2D eigenvalue weighted by atomic mass is 19.4. The average Bonchev–Trinajstić information content (AvgIpc) is 3.29. The Morgan fingerprint density at radius 3 is 2.71 bits per heavy atom. The number of nitrogens with two attached hydrogens (primary N) is 1. The Morgan fingerprint density at radius 1 is 1.26 bits per heavy atom. The van der Waals surface area contributed by atoms with E-state index in [1.807, 2.05) is 24.4 Å². The summed E-state index contributed by atoms with van der Waals surface area (Å²) in [4.78, 5) is 21.0. The van der Waals surface area contributed by atoms with Crippen LogP contribution >= 0.6 is 0 Å². The van der Waals surface area contributed by atoms with Gasteiger partial charge in [-0.1, -0.05) is 12.2 Å². The number of pyridine rings is 1. The first-order chi connectivity index (χ1) is 16.7. The fraction of sp³-hybridized carbons (Fsp3) is 0.292. The minimum Gasteiger partial charge on any atom is -0.494 e. The number of methoxy groups -OCH3 is 1. The molecule has 2 atom stereocenters. The zero-order chi connectivity index (χ0) is 25.2. The molecule has 1 aliphatic heterocycles. The van der Waals surface area contributed by atoms with E-state index in [0.717, 1.165) is 6.07 Å². The summed E-state index contributed by atoms with van der Waals surface area (Å²) in [5.74, 6) is -0.0939. The molecule has 1 amide bonds. The summed E-state index contributed by atoms with van der Waals surface area (Å²) < 4.78 is 50.7. The fourth-order valence-electron chi connectivity index (χ4n) is 3.71. The van der Waals surface area contributed by atoms with Gasteiger partial charge in [0.15, 0.2) is 11.5 Å². The van der Waals surface area contributed by atoms with Gasteiger partial charge in [0, 0.05) is 23.5 Å². The molecule has 0 saturated carbocycles. The van der Waals surface area contributed by atoms with Gasteiger partial charge >= 0.3 is 6.18 Å². The summed E-state index contributed by atoms with van der Waals surface area (Å²) in [5.41, 5.74) is 5.33. The predicted molar refractivity (Wildman–Crippen MR) is 124 cm³/mol. The van der Waals surface area contributed by atoms with E-state index in [9.17, 15) is 18.0 Å².